The van der Waals surface area contributed by atoms with Gasteiger partial charge in [0, 0.05) is 37.7 Å². The van der Waals surface area contributed by atoms with Crippen molar-refractivity contribution in [3.05, 3.63) is 80.6 Å². The summed E-state index contributed by atoms with van der Waals surface area (Å²) in [7, 11) is 0. The largest absolute Gasteiger partial charge is 0.434 e. The van der Waals surface area contributed by atoms with Crippen LogP contribution in [0.3, 0.4) is 0 Å². The first-order chi connectivity index (χ1) is 15.4. The minimum atomic E-state index is -0.476. The summed E-state index contributed by atoms with van der Waals surface area (Å²) in [6.45, 7) is 7.38. The number of rotatable bonds is 6. The second kappa shape index (κ2) is 9.50. The number of hydrogen-bond acceptors (Lipinski definition) is 7. The number of benzene rings is 2. The Hall–Kier alpha value is -3.23. The number of hydrogen-bond donors (Lipinski definition) is 0. The minimum Gasteiger partial charge on any atom is -0.434 e. The zero-order valence-corrected chi connectivity index (χ0v) is 18.7. The Balaban J connectivity index is 1.53. The molecule has 32 heavy (non-hydrogen) atoms. The summed E-state index contributed by atoms with van der Waals surface area (Å²) in [4.78, 5) is 24.0. The first kappa shape index (κ1) is 22.0. The monoisotopic (exact) mass is 453 g/mol. The van der Waals surface area contributed by atoms with E-state index in [1.165, 1.54) is 11.9 Å². The minimum absolute atomic E-state index is 0.0761. The summed E-state index contributed by atoms with van der Waals surface area (Å²) < 4.78 is 5.83. The van der Waals surface area contributed by atoms with Gasteiger partial charge in [0.2, 0.25) is 5.82 Å². The molecule has 0 aliphatic carbocycles. The van der Waals surface area contributed by atoms with Gasteiger partial charge in [-0.2, -0.15) is 4.98 Å². The van der Waals surface area contributed by atoms with Crippen molar-refractivity contribution in [2.75, 3.05) is 31.1 Å². The van der Waals surface area contributed by atoms with E-state index in [1.807, 2.05) is 36.9 Å². The molecule has 0 atom stereocenters. The van der Waals surface area contributed by atoms with Crippen LogP contribution in [0.25, 0.3) is 0 Å². The van der Waals surface area contributed by atoms with Crippen molar-refractivity contribution in [2.45, 2.75) is 20.4 Å². The molecule has 1 fully saturated rings. The summed E-state index contributed by atoms with van der Waals surface area (Å²) in [6.07, 6.45) is 1.31. The maximum atomic E-state index is 12.0. The fourth-order valence-electron chi connectivity index (χ4n) is 3.86. The predicted molar refractivity (Wildman–Crippen MR) is 124 cm³/mol. The van der Waals surface area contributed by atoms with Crippen molar-refractivity contribution in [2.24, 2.45) is 0 Å². The van der Waals surface area contributed by atoms with Crippen LogP contribution in [0.2, 0.25) is 5.02 Å². The van der Waals surface area contributed by atoms with Gasteiger partial charge in [0.25, 0.3) is 0 Å². The molecule has 1 aromatic heterocycles. The zero-order chi connectivity index (χ0) is 22.7. The van der Waals surface area contributed by atoms with E-state index >= 15 is 0 Å². The topological polar surface area (TPSA) is 84.6 Å². The lowest BCUT2D eigenvalue weighted by molar-refractivity contribution is -0.385. The third kappa shape index (κ3) is 4.81. The van der Waals surface area contributed by atoms with Crippen LogP contribution in [0.1, 0.15) is 16.7 Å². The number of nitro groups is 1. The van der Waals surface area contributed by atoms with Crippen LogP contribution in [-0.4, -0.2) is 46.0 Å². The van der Waals surface area contributed by atoms with Crippen molar-refractivity contribution in [3.63, 3.8) is 0 Å². The Morgan fingerprint density at radius 2 is 1.72 bits per heavy atom. The number of anilines is 1. The Bertz CT molecular complexity index is 1090. The molecule has 9 heteroatoms. The van der Waals surface area contributed by atoms with E-state index in [2.05, 4.69) is 27.0 Å². The van der Waals surface area contributed by atoms with Crippen LogP contribution >= 0.6 is 11.6 Å². The van der Waals surface area contributed by atoms with Crippen LogP contribution in [0.5, 0.6) is 11.6 Å². The molecule has 0 radical (unpaired) electrons. The van der Waals surface area contributed by atoms with Crippen molar-refractivity contribution >= 4 is 23.1 Å². The smallest absolute Gasteiger partial charge is 0.373 e. The summed E-state index contributed by atoms with van der Waals surface area (Å²) >= 11 is 6.22. The first-order valence-corrected chi connectivity index (χ1v) is 10.8. The van der Waals surface area contributed by atoms with Gasteiger partial charge < -0.3 is 9.64 Å². The van der Waals surface area contributed by atoms with Gasteiger partial charge in [0.05, 0.1) is 4.92 Å². The van der Waals surface area contributed by atoms with Gasteiger partial charge in [-0.1, -0.05) is 41.9 Å². The highest BCUT2D eigenvalue weighted by Gasteiger charge is 2.30. The molecule has 0 spiro atoms. The summed E-state index contributed by atoms with van der Waals surface area (Å²) in [5.41, 5.74) is 2.67. The lowest BCUT2D eigenvalue weighted by Gasteiger charge is -2.35. The number of aryl methyl sites for hydroxylation is 2. The maximum Gasteiger partial charge on any atom is 0.373 e. The molecule has 1 saturated heterocycles. The average molecular weight is 454 g/mol. The standard InChI is InChI=1S/C23H24ClN5O3/c1-16-12-19(13-17(2)20(16)24)32-23-21(29(30)31)22(25-15-26-23)28-10-8-27(9-11-28)14-18-6-4-3-5-7-18/h3-7,12-13,15H,8-11,14H2,1-2H3. The lowest BCUT2D eigenvalue weighted by atomic mass is 10.1. The summed E-state index contributed by atoms with van der Waals surface area (Å²) in [5, 5.41) is 12.6. The summed E-state index contributed by atoms with van der Waals surface area (Å²) in [6, 6.07) is 13.7. The van der Waals surface area contributed by atoms with Crippen LogP contribution in [0, 0.1) is 24.0 Å². The van der Waals surface area contributed by atoms with Gasteiger partial charge in [-0.05, 0) is 42.7 Å². The molecular weight excluding hydrogens is 430 g/mol. The SMILES string of the molecule is Cc1cc(Oc2ncnc(N3CCN(Cc4ccccc4)CC3)c2[N+](=O)[O-])cc(C)c1Cl. The predicted octanol–water partition coefficient (Wildman–Crippen LogP) is 4.77. The maximum absolute atomic E-state index is 12.0. The number of halogens is 1. The fraction of sp³-hybridized carbons (Fsp3) is 0.304. The highest BCUT2D eigenvalue weighted by atomic mass is 35.5. The molecule has 2 heterocycles. The number of nitrogens with zero attached hydrogens (tertiary/aromatic N) is 5. The van der Waals surface area contributed by atoms with Crippen LogP contribution in [0.4, 0.5) is 11.5 Å². The van der Waals surface area contributed by atoms with Crippen LogP contribution < -0.4 is 9.64 Å². The zero-order valence-electron chi connectivity index (χ0n) is 18.0. The first-order valence-electron chi connectivity index (χ1n) is 10.4. The second-order valence-electron chi connectivity index (χ2n) is 7.83. The second-order valence-corrected chi connectivity index (χ2v) is 8.21. The molecule has 4 rings (SSSR count). The van der Waals surface area contributed by atoms with Crippen molar-refractivity contribution < 1.29 is 9.66 Å². The normalized spacial score (nSPS) is 14.4. The van der Waals surface area contributed by atoms with E-state index in [9.17, 15) is 10.1 Å². The van der Waals surface area contributed by atoms with Gasteiger partial charge in [-0.3, -0.25) is 15.0 Å². The van der Waals surface area contributed by atoms with Gasteiger partial charge in [-0.25, -0.2) is 4.98 Å². The van der Waals surface area contributed by atoms with E-state index < -0.39 is 4.92 Å². The third-order valence-corrected chi connectivity index (χ3v) is 6.09. The van der Waals surface area contributed by atoms with Crippen molar-refractivity contribution in [3.8, 4) is 11.6 Å². The van der Waals surface area contributed by atoms with Gasteiger partial charge in [-0.15, -0.1) is 0 Å². The molecule has 0 N–H and O–H groups in total. The lowest BCUT2D eigenvalue weighted by Crippen LogP contribution is -2.46. The molecule has 1 aliphatic rings. The molecule has 166 valence electrons. The molecule has 0 saturated carbocycles. The highest BCUT2D eigenvalue weighted by molar-refractivity contribution is 6.32. The third-order valence-electron chi connectivity index (χ3n) is 5.50. The molecule has 0 unspecified atom stereocenters. The molecule has 2 aromatic carbocycles. The van der Waals surface area contributed by atoms with Crippen LogP contribution in [0.15, 0.2) is 48.8 Å². The van der Waals surface area contributed by atoms with E-state index in [0.29, 0.717) is 23.9 Å². The van der Waals surface area contributed by atoms with Crippen LogP contribution in [-0.2, 0) is 6.54 Å². The average Bonchev–Trinajstić information content (AvgIpc) is 2.78. The fourth-order valence-corrected chi connectivity index (χ4v) is 3.97. The Morgan fingerprint density at radius 3 is 2.34 bits per heavy atom. The van der Waals surface area contributed by atoms with Gasteiger partial charge >= 0.3 is 11.6 Å². The van der Waals surface area contributed by atoms with Gasteiger partial charge in [0.15, 0.2) is 0 Å². The molecule has 8 nitrogen and oxygen atoms in total. The molecule has 3 aromatic rings. The Morgan fingerprint density at radius 1 is 1.06 bits per heavy atom. The Kier molecular flexibility index (Phi) is 6.53. The molecular formula is C23H24ClN5O3. The van der Waals surface area contributed by atoms with E-state index in [0.717, 1.165) is 30.8 Å². The molecule has 0 bridgehead atoms. The highest BCUT2D eigenvalue weighted by Crippen LogP contribution is 2.37. The number of aromatic nitrogens is 2. The van der Waals surface area contributed by atoms with Crippen molar-refractivity contribution in [1.82, 2.24) is 14.9 Å². The van der Waals surface area contributed by atoms with E-state index in [4.69, 9.17) is 16.3 Å². The summed E-state index contributed by atoms with van der Waals surface area (Å²) in [5.74, 6) is 0.652. The van der Waals surface area contributed by atoms with E-state index in [1.54, 1.807) is 12.1 Å². The Labute approximate surface area is 191 Å². The number of ether oxygens (including phenoxy) is 1. The quantitative estimate of drug-likeness (QED) is 0.392. The number of piperazine rings is 1. The van der Waals surface area contributed by atoms with E-state index in [-0.39, 0.29) is 17.4 Å². The molecule has 1 aliphatic heterocycles. The van der Waals surface area contributed by atoms with Crippen molar-refractivity contribution in [1.29, 1.82) is 0 Å². The van der Waals surface area contributed by atoms with Gasteiger partial charge in [0.1, 0.15) is 12.1 Å². The molecule has 0 amide bonds.